The third kappa shape index (κ3) is 4.73. The van der Waals surface area contributed by atoms with Gasteiger partial charge >= 0.3 is 6.03 Å². The molecule has 0 aromatic heterocycles. The molecule has 0 spiro atoms. The average molecular weight is 304 g/mol. The summed E-state index contributed by atoms with van der Waals surface area (Å²) < 4.78 is 0. The van der Waals surface area contributed by atoms with Crippen LogP contribution in [0.1, 0.15) is 25.0 Å². The molecule has 1 aromatic rings. The summed E-state index contributed by atoms with van der Waals surface area (Å²) in [4.78, 5) is 25.5. The molecule has 1 aromatic carbocycles. The summed E-state index contributed by atoms with van der Waals surface area (Å²) in [7, 11) is 0. The molecule has 6 heteroatoms. The van der Waals surface area contributed by atoms with Crippen LogP contribution in [0.25, 0.3) is 0 Å². The smallest absolute Gasteiger partial charge is 0.318 e. The van der Waals surface area contributed by atoms with Gasteiger partial charge < -0.3 is 21.3 Å². The Morgan fingerprint density at radius 1 is 1.23 bits per heavy atom. The molecule has 2 rings (SSSR count). The molecule has 0 bridgehead atoms. The predicted molar refractivity (Wildman–Crippen MR) is 85.2 cm³/mol. The Hall–Kier alpha value is -2.08. The van der Waals surface area contributed by atoms with Gasteiger partial charge in [-0.3, -0.25) is 4.79 Å². The van der Waals surface area contributed by atoms with Gasteiger partial charge in [-0.25, -0.2) is 4.79 Å². The molecule has 3 amide bonds. The number of hydrogen-bond donors (Lipinski definition) is 3. The zero-order valence-electron chi connectivity index (χ0n) is 13.2. The molecule has 0 aliphatic carbocycles. The lowest BCUT2D eigenvalue weighted by Gasteiger charge is -2.29. The van der Waals surface area contributed by atoms with Crippen molar-refractivity contribution in [2.24, 2.45) is 5.73 Å². The van der Waals surface area contributed by atoms with Crippen LogP contribution in [0.2, 0.25) is 0 Å². The number of fused-ring (bicyclic) bond motifs is 1. The maximum absolute atomic E-state index is 12.1. The van der Waals surface area contributed by atoms with Crippen molar-refractivity contribution in [2.45, 2.75) is 32.4 Å². The summed E-state index contributed by atoms with van der Waals surface area (Å²) in [6.45, 7) is 5.25. The van der Waals surface area contributed by atoms with E-state index in [1.807, 2.05) is 32.0 Å². The molecule has 4 N–H and O–H groups in total. The summed E-state index contributed by atoms with van der Waals surface area (Å²) in [5.74, 6) is -0.232. The van der Waals surface area contributed by atoms with Crippen molar-refractivity contribution in [3.63, 3.8) is 0 Å². The summed E-state index contributed by atoms with van der Waals surface area (Å²) in [5.41, 5.74) is 7.78. The highest BCUT2D eigenvalue weighted by Crippen LogP contribution is 2.18. The van der Waals surface area contributed by atoms with Crippen molar-refractivity contribution in [3.05, 3.63) is 35.4 Å². The van der Waals surface area contributed by atoms with E-state index in [2.05, 4.69) is 16.7 Å². The molecule has 0 saturated heterocycles. The fourth-order valence-corrected chi connectivity index (χ4v) is 2.33. The number of carbonyl (C=O) groups excluding carboxylic acids is 2. The van der Waals surface area contributed by atoms with Gasteiger partial charge in [0, 0.05) is 25.2 Å². The lowest BCUT2D eigenvalue weighted by atomic mass is 10.0. The first-order valence-corrected chi connectivity index (χ1v) is 7.50. The van der Waals surface area contributed by atoms with Crippen LogP contribution in [0.15, 0.2) is 24.3 Å². The van der Waals surface area contributed by atoms with Crippen LogP contribution < -0.4 is 16.4 Å². The van der Waals surface area contributed by atoms with Crippen LogP contribution in [-0.4, -0.2) is 42.0 Å². The second-order valence-electron chi connectivity index (χ2n) is 6.36. The van der Waals surface area contributed by atoms with E-state index in [0.717, 1.165) is 6.42 Å². The average Bonchev–Trinajstić information content (AvgIpc) is 2.49. The van der Waals surface area contributed by atoms with Crippen molar-refractivity contribution in [1.82, 2.24) is 15.5 Å². The second-order valence-corrected chi connectivity index (χ2v) is 6.36. The normalized spacial score (nSPS) is 14.2. The van der Waals surface area contributed by atoms with Gasteiger partial charge in [0.15, 0.2) is 0 Å². The van der Waals surface area contributed by atoms with E-state index in [-0.39, 0.29) is 18.5 Å². The number of hydrogen-bond acceptors (Lipinski definition) is 3. The predicted octanol–water partition coefficient (Wildman–Crippen LogP) is 0.608. The second kappa shape index (κ2) is 6.79. The van der Waals surface area contributed by atoms with Crippen LogP contribution in [0, 0.1) is 0 Å². The maximum Gasteiger partial charge on any atom is 0.318 e. The van der Waals surface area contributed by atoms with E-state index in [9.17, 15) is 9.59 Å². The zero-order valence-corrected chi connectivity index (χ0v) is 13.2. The maximum atomic E-state index is 12.1. The highest BCUT2D eigenvalue weighted by atomic mass is 16.2. The molecule has 1 heterocycles. The topological polar surface area (TPSA) is 87.5 Å². The van der Waals surface area contributed by atoms with Gasteiger partial charge in [-0.2, -0.15) is 0 Å². The van der Waals surface area contributed by atoms with Gasteiger partial charge in [0.05, 0.1) is 6.54 Å². The largest absolute Gasteiger partial charge is 0.353 e. The van der Waals surface area contributed by atoms with Gasteiger partial charge in [0.25, 0.3) is 0 Å². The molecule has 1 aliphatic heterocycles. The molecule has 22 heavy (non-hydrogen) atoms. The molecule has 120 valence electrons. The van der Waals surface area contributed by atoms with E-state index >= 15 is 0 Å². The van der Waals surface area contributed by atoms with Crippen molar-refractivity contribution in [1.29, 1.82) is 0 Å². The summed E-state index contributed by atoms with van der Waals surface area (Å²) in [6.07, 6.45) is 0.844. The van der Waals surface area contributed by atoms with E-state index < -0.39 is 5.54 Å². The van der Waals surface area contributed by atoms with Crippen LogP contribution in [0.5, 0.6) is 0 Å². The number of nitrogens with zero attached hydrogens (tertiary/aromatic N) is 1. The van der Waals surface area contributed by atoms with Crippen LogP contribution in [-0.2, 0) is 17.8 Å². The lowest BCUT2D eigenvalue weighted by Crippen LogP contribution is -2.49. The molecule has 6 nitrogen and oxygen atoms in total. The fraction of sp³-hybridized carbons (Fsp3) is 0.500. The Balaban J connectivity index is 1.78. The van der Waals surface area contributed by atoms with Crippen LogP contribution >= 0.6 is 0 Å². The Labute approximate surface area is 131 Å². The highest BCUT2D eigenvalue weighted by molar-refractivity contribution is 5.84. The van der Waals surface area contributed by atoms with E-state index in [1.54, 1.807) is 4.90 Å². The van der Waals surface area contributed by atoms with E-state index in [1.165, 1.54) is 11.1 Å². The lowest BCUT2D eigenvalue weighted by molar-refractivity contribution is -0.120. The highest BCUT2D eigenvalue weighted by Gasteiger charge is 2.20. The number of nitrogens with two attached hydrogens (primary N) is 1. The van der Waals surface area contributed by atoms with Crippen LogP contribution in [0.4, 0.5) is 4.79 Å². The fourth-order valence-electron chi connectivity index (χ4n) is 2.33. The van der Waals surface area contributed by atoms with Gasteiger partial charge in [-0.05, 0) is 31.4 Å². The summed E-state index contributed by atoms with van der Waals surface area (Å²) in [5, 5.41) is 5.35. The minimum atomic E-state index is -0.462. The standard InChI is InChI=1S/C16H24N4O2/c1-16(2,17)11-19-14(21)9-18-15(22)20-8-7-12-5-3-4-6-13(12)10-20/h3-6H,7-11,17H2,1-2H3,(H,18,22)(H,19,21). The molecular formula is C16H24N4O2. The monoisotopic (exact) mass is 304 g/mol. The van der Waals surface area contributed by atoms with E-state index in [4.69, 9.17) is 5.73 Å². The minimum Gasteiger partial charge on any atom is -0.353 e. The molecular weight excluding hydrogens is 280 g/mol. The Kier molecular flexibility index (Phi) is 5.03. The van der Waals surface area contributed by atoms with Gasteiger partial charge in [-0.1, -0.05) is 24.3 Å². The number of amides is 3. The van der Waals surface area contributed by atoms with Crippen molar-refractivity contribution in [3.8, 4) is 0 Å². The first-order valence-electron chi connectivity index (χ1n) is 7.50. The molecule has 0 unspecified atom stereocenters. The Bertz CT molecular complexity index is 551. The van der Waals surface area contributed by atoms with Gasteiger partial charge in [0.1, 0.15) is 0 Å². The zero-order chi connectivity index (χ0) is 16.2. The number of urea groups is 1. The van der Waals surface area contributed by atoms with Gasteiger partial charge in [-0.15, -0.1) is 0 Å². The van der Waals surface area contributed by atoms with Gasteiger partial charge in [0.2, 0.25) is 5.91 Å². The van der Waals surface area contributed by atoms with Crippen LogP contribution in [0.3, 0.4) is 0 Å². The van der Waals surface area contributed by atoms with E-state index in [0.29, 0.717) is 19.6 Å². The SMILES string of the molecule is CC(C)(N)CNC(=O)CNC(=O)N1CCc2ccccc2C1. The number of benzene rings is 1. The molecule has 1 aliphatic rings. The van der Waals surface area contributed by atoms with Crippen molar-refractivity contribution >= 4 is 11.9 Å². The van der Waals surface area contributed by atoms with Crippen molar-refractivity contribution < 1.29 is 9.59 Å². The third-order valence-corrected chi connectivity index (χ3v) is 3.56. The summed E-state index contributed by atoms with van der Waals surface area (Å²) in [6, 6.07) is 7.90. The Morgan fingerprint density at radius 3 is 2.59 bits per heavy atom. The first kappa shape index (κ1) is 16.3. The molecule has 0 saturated carbocycles. The molecule has 0 radical (unpaired) electrons. The molecule has 0 atom stereocenters. The number of carbonyl (C=O) groups is 2. The first-order chi connectivity index (χ1) is 10.3. The third-order valence-electron chi connectivity index (χ3n) is 3.56. The molecule has 0 fully saturated rings. The minimum absolute atomic E-state index is 0.0347. The quantitative estimate of drug-likeness (QED) is 0.761. The number of nitrogens with one attached hydrogen (secondary N) is 2. The summed E-state index contributed by atoms with van der Waals surface area (Å²) >= 11 is 0. The Morgan fingerprint density at radius 2 is 1.91 bits per heavy atom. The number of rotatable bonds is 4. The van der Waals surface area contributed by atoms with Crippen molar-refractivity contribution in [2.75, 3.05) is 19.6 Å².